The largest absolute Gasteiger partial charge is 0.395 e. The molecule has 1 unspecified atom stereocenters. The van der Waals surface area contributed by atoms with Gasteiger partial charge in [0, 0.05) is 42.8 Å². The number of alkyl halides is 3. The third kappa shape index (κ3) is 6.40. The number of nitrogens with zero attached hydrogens (tertiary/aromatic N) is 1. The maximum Gasteiger partial charge on any atom is 0.395 e. The van der Waals surface area contributed by atoms with Gasteiger partial charge in [0.1, 0.15) is 6.23 Å². The number of carbonyl (C=O) groups excluding carboxylic acids is 1. The summed E-state index contributed by atoms with van der Waals surface area (Å²) in [7, 11) is 1.47. The van der Waals surface area contributed by atoms with E-state index in [9.17, 15) is 18.0 Å². The Morgan fingerprint density at radius 1 is 1.27 bits per heavy atom. The quantitative estimate of drug-likeness (QED) is 0.520. The standard InChI is InChI=1S/C24H29ClF3N3O2/c1-15(24(26,27)28)23(29-3)33-19-10-11-31(14-19)22-9-8-17(12-18(22)13-30-16(2)32)20-6-4-5-7-21(20)25/h4-9,12,15,19,23,29H,10-11,13-14H2,1-3H3,(H,30,32)/t15-,19-,23?/m0/s1. The summed E-state index contributed by atoms with van der Waals surface area (Å²) in [6.07, 6.45) is -5.19. The van der Waals surface area contributed by atoms with Gasteiger partial charge in [0.2, 0.25) is 5.91 Å². The number of benzene rings is 2. The topological polar surface area (TPSA) is 53.6 Å². The predicted octanol–water partition coefficient (Wildman–Crippen LogP) is 4.98. The molecule has 0 spiro atoms. The van der Waals surface area contributed by atoms with Crippen LogP contribution in [0, 0.1) is 5.92 Å². The molecule has 1 saturated heterocycles. The Labute approximate surface area is 197 Å². The number of rotatable bonds is 8. The lowest BCUT2D eigenvalue weighted by Crippen LogP contribution is -2.44. The van der Waals surface area contributed by atoms with Crippen LogP contribution in [-0.4, -0.2) is 44.6 Å². The van der Waals surface area contributed by atoms with E-state index in [-0.39, 0.29) is 12.0 Å². The molecule has 0 saturated carbocycles. The Balaban J connectivity index is 1.80. The van der Waals surface area contributed by atoms with E-state index >= 15 is 0 Å². The number of ether oxygens (including phenoxy) is 1. The maximum atomic E-state index is 13.1. The maximum absolute atomic E-state index is 13.1. The summed E-state index contributed by atoms with van der Waals surface area (Å²) in [6.45, 7) is 4.00. The van der Waals surface area contributed by atoms with Crippen LogP contribution in [0.3, 0.4) is 0 Å². The van der Waals surface area contributed by atoms with Gasteiger partial charge < -0.3 is 15.0 Å². The van der Waals surface area contributed by atoms with E-state index in [1.807, 2.05) is 42.5 Å². The molecule has 2 N–H and O–H groups in total. The van der Waals surface area contributed by atoms with Gasteiger partial charge in [-0.25, -0.2) is 0 Å². The fraction of sp³-hybridized carbons (Fsp3) is 0.458. The van der Waals surface area contributed by atoms with Crippen LogP contribution < -0.4 is 15.5 Å². The van der Waals surface area contributed by atoms with Gasteiger partial charge in [0.25, 0.3) is 0 Å². The molecule has 0 bridgehead atoms. The zero-order valence-corrected chi connectivity index (χ0v) is 19.6. The van der Waals surface area contributed by atoms with Crippen LogP contribution >= 0.6 is 11.6 Å². The minimum Gasteiger partial charge on any atom is -0.369 e. The molecule has 1 fully saturated rings. The van der Waals surface area contributed by atoms with Gasteiger partial charge in [0.15, 0.2) is 0 Å². The normalized spacial score (nSPS) is 18.3. The summed E-state index contributed by atoms with van der Waals surface area (Å²) in [5.41, 5.74) is 3.62. The number of carbonyl (C=O) groups is 1. The van der Waals surface area contributed by atoms with E-state index in [0.717, 1.165) is 29.3 Å². The minimum absolute atomic E-state index is 0.148. The van der Waals surface area contributed by atoms with Crippen molar-refractivity contribution in [2.45, 2.75) is 45.3 Å². The highest BCUT2D eigenvalue weighted by molar-refractivity contribution is 6.33. The third-order valence-electron chi connectivity index (χ3n) is 5.87. The van der Waals surface area contributed by atoms with Crippen molar-refractivity contribution in [3.05, 3.63) is 53.1 Å². The summed E-state index contributed by atoms with van der Waals surface area (Å²) in [4.78, 5) is 13.6. The van der Waals surface area contributed by atoms with Gasteiger partial charge in [-0.2, -0.15) is 13.2 Å². The van der Waals surface area contributed by atoms with Crippen molar-refractivity contribution in [2.24, 2.45) is 5.92 Å². The Morgan fingerprint density at radius 2 is 2.00 bits per heavy atom. The van der Waals surface area contributed by atoms with Crippen molar-refractivity contribution in [1.29, 1.82) is 0 Å². The first-order valence-electron chi connectivity index (χ1n) is 10.9. The molecule has 0 aromatic heterocycles. The summed E-state index contributed by atoms with van der Waals surface area (Å²) < 4.78 is 45.2. The summed E-state index contributed by atoms with van der Waals surface area (Å²) in [5, 5.41) is 6.11. The van der Waals surface area contributed by atoms with Crippen LogP contribution in [0.1, 0.15) is 25.8 Å². The molecule has 0 aliphatic carbocycles. The van der Waals surface area contributed by atoms with Crippen molar-refractivity contribution in [3.63, 3.8) is 0 Å². The molecule has 1 aliphatic rings. The molecule has 1 aliphatic heterocycles. The molecule has 180 valence electrons. The zero-order chi connectivity index (χ0) is 24.2. The SMILES string of the molecule is CNC(O[C@H]1CCN(c2ccc(-c3ccccc3Cl)cc2CNC(C)=O)C1)[C@H](C)C(F)(F)F. The van der Waals surface area contributed by atoms with E-state index in [2.05, 4.69) is 15.5 Å². The summed E-state index contributed by atoms with van der Waals surface area (Å²) in [5.74, 6) is -1.77. The van der Waals surface area contributed by atoms with Crippen LogP contribution in [0.2, 0.25) is 5.02 Å². The molecule has 3 atom stereocenters. The first-order chi connectivity index (χ1) is 15.6. The van der Waals surface area contributed by atoms with Gasteiger partial charge in [-0.1, -0.05) is 35.9 Å². The second-order valence-corrected chi connectivity index (χ2v) is 8.67. The second-order valence-electron chi connectivity index (χ2n) is 8.27. The average molecular weight is 484 g/mol. The molecule has 2 aromatic carbocycles. The van der Waals surface area contributed by atoms with E-state index < -0.39 is 18.3 Å². The van der Waals surface area contributed by atoms with Crippen LogP contribution in [0.15, 0.2) is 42.5 Å². The molecule has 3 rings (SSSR count). The van der Waals surface area contributed by atoms with Gasteiger partial charge >= 0.3 is 6.18 Å². The summed E-state index contributed by atoms with van der Waals surface area (Å²) in [6, 6.07) is 13.4. The molecular formula is C24H29ClF3N3O2. The van der Waals surface area contributed by atoms with Gasteiger partial charge in [-0.3, -0.25) is 10.1 Å². The Hall–Kier alpha value is -2.29. The predicted molar refractivity (Wildman–Crippen MR) is 124 cm³/mol. The second kappa shape index (κ2) is 10.8. The van der Waals surface area contributed by atoms with E-state index in [4.69, 9.17) is 16.3 Å². The zero-order valence-electron chi connectivity index (χ0n) is 18.9. The van der Waals surface area contributed by atoms with Crippen molar-refractivity contribution >= 4 is 23.2 Å². The molecule has 1 amide bonds. The number of hydrogen-bond acceptors (Lipinski definition) is 4. The first-order valence-corrected chi connectivity index (χ1v) is 11.2. The Morgan fingerprint density at radius 3 is 2.64 bits per heavy atom. The number of halogens is 4. The number of nitrogens with one attached hydrogen (secondary N) is 2. The van der Waals surface area contributed by atoms with Gasteiger partial charge in [-0.15, -0.1) is 0 Å². The Kier molecular flexibility index (Phi) is 8.26. The third-order valence-corrected chi connectivity index (χ3v) is 6.20. The first kappa shape index (κ1) is 25.3. The number of anilines is 1. The average Bonchev–Trinajstić information content (AvgIpc) is 3.23. The van der Waals surface area contributed by atoms with Crippen LogP contribution in [-0.2, 0) is 16.1 Å². The lowest BCUT2D eigenvalue weighted by molar-refractivity contribution is -0.211. The molecule has 5 nitrogen and oxygen atoms in total. The van der Waals surface area contributed by atoms with E-state index in [1.165, 1.54) is 14.0 Å². The van der Waals surface area contributed by atoms with Crippen LogP contribution in [0.5, 0.6) is 0 Å². The highest BCUT2D eigenvalue weighted by Gasteiger charge is 2.42. The van der Waals surface area contributed by atoms with E-state index in [0.29, 0.717) is 31.1 Å². The molecule has 0 radical (unpaired) electrons. The monoisotopic (exact) mass is 483 g/mol. The van der Waals surface area contributed by atoms with Crippen molar-refractivity contribution in [1.82, 2.24) is 10.6 Å². The Bertz CT molecular complexity index is 970. The minimum atomic E-state index is -4.34. The van der Waals surface area contributed by atoms with Gasteiger partial charge in [-0.05, 0) is 49.7 Å². The van der Waals surface area contributed by atoms with Crippen molar-refractivity contribution < 1.29 is 22.7 Å². The van der Waals surface area contributed by atoms with Crippen molar-refractivity contribution in [2.75, 3.05) is 25.0 Å². The van der Waals surface area contributed by atoms with Gasteiger partial charge in [0.05, 0.1) is 12.0 Å². The lowest BCUT2D eigenvalue weighted by atomic mass is 10.0. The highest BCUT2D eigenvalue weighted by atomic mass is 35.5. The lowest BCUT2D eigenvalue weighted by Gasteiger charge is -2.29. The number of hydrogen-bond donors (Lipinski definition) is 2. The molecule has 9 heteroatoms. The fourth-order valence-corrected chi connectivity index (χ4v) is 4.24. The van der Waals surface area contributed by atoms with E-state index in [1.54, 1.807) is 0 Å². The molecule has 1 heterocycles. The molecule has 33 heavy (non-hydrogen) atoms. The summed E-state index contributed by atoms with van der Waals surface area (Å²) >= 11 is 6.36. The molecular weight excluding hydrogens is 455 g/mol. The van der Waals surface area contributed by atoms with Crippen LogP contribution in [0.4, 0.5) is 18.9 Å². The van der Waals surface area contributed by atoms with Crippen LogP contribution in [0.25, 0.3) is 11.1 Å². The smallest absolute Gasteiger partial charge is 0.369 e. The number of amides is 1. The molecule has 2 aromatic rings. The van der Waals surface area contributed by atoms with Crippen molar-refractivity contribution in [3.8, 4) is 11.1 Å². The highest BCUT2D eigenvalue weighted by Crippen LogP contribution is 2.34. The fourth-order valence-electron chi connectivity index (χ4n) is 3.99.